The standard InChI is InChI=1S/C22H24N4O2/c27-19(13-15-14-24-18-7-3-4-12-26(15)18)25-20-16-5-1-2-6-17(16)22(21(20)28)8-10-23-11-9-22/h1-7,12,14,20-21,23,28H,8-11,13H2,(H,25,27)/t20-,21+/m0/s1. The molecule has 5 rings (SSSR count). The number of aliphatic hydroxyl groups excluding tert-OH is 1. The van der Waals surface area contributed by atoms with Crippen LogP contribution in [0.1, 0.15) is 35.7 Å². The fourth-order valence-corrected chi connectivity index (χ4v) is 4.97. The lowest BCUT2D eigenvalue weighted by atomic mass is 9.72. The third-order valence-electron chi connectivity index (χ3n) is 6.36. The van der Waals surface area contributed by atoms with Crippen molar-refractivity contribution in [1.82, 2.24) is 20.0 Å². The number of hydrogen-bond donors (Lipinski definition) is 3. The molecule has 3 heterocycles. The number of benzene rings is 1. The van der Waals surface area contributed by atoms with Gasteiger partial charge in [-0.1, -0.05) is 30.3 Å². The first-order valence-electron chi connectivity index (χ1n) is 9.87. The molecule has 0 bridgehead atoms. The zero-order valence-corrected chi connectivity index (χ0v) is 15.6. The van der Waals surface area contributed by atoms with E-state index in [1.807, 2.05) is 47.0 Å². The van der Waals surface area contributed by atoms with Gasteiger partial charge >= 0.3 is 0 Å². The number of nitrogens with zero attached hydrogens (tertiary/aromatic N) is 2. The highest BCUT2D eigenvalue weighted by Gasteiger charge is 2.52. The van der Waals surface area contributed by atoms with Crippen LogP contribution in [0.3, 0.4) is 0 Å². The van der Waals surface area contributed by atoms with Crippen LogP contribution in [0.2, 0.25) is 0 Å². The van der Waals surface area contributed by atoms with Crippen LogP contribution in [0.4, 0.5) is 0 Å². The van der Waals surface area contributed by atoms with E-state index in [0.29, 0.717) is 0 Å². The second-order valence-electron chi connectivity index (χ2n) is 7.84. The molecule has 6 heteroatoms. The fraction of sp³-hybridized carbons (Fsp3) is 0.364. The Labute approximate surface area is 163 Å². The third-order valence-corrected chi connectivity index (χ3v) is 6.36. The van der Waals surface area contributed by atoms with Crippen LogP contribution in [0.15, 0.2) is 54.9 Å². The molecule has 2 aliphatic rings. The maximum absolute atomic E-state index is 12.9. The lowest BCUT2D eigenvalue weighted by Gasteiger charge is -2.38. The smallest absolute Gasteiger partial charge is 0.226 e. The van der Waals surface area contributed by atoms with Crippen LogP contribution in [-0.2, 0) is 16.6 Å². The van der Waals surface area contributed by atoms with E-state index in [4.69, 9.17) is 0 Å². The Balaban J connectivity index is 1.41. The maximum atomic E-state index is 12.9. The summed E-state index contributed by atoms with van der Waals surface area (Å²) >= 11 is 0. The first-order valence-corrected chi connectivity index (χ1v) is 9.87. The first-order chi connectivity index (χ1) is 13.7. The van der Waals surface area contributed by atoms with Gasteiger partial charge in [-0.25, -0.2) is 4.98 Å². The Morgan fingerprint density at radius 3 is 2.86 bits per heavy atom. The summed E-state index contributed by atoms with van der Waals surface area (Å²) in [5.41, 5.74) is 3.62. The lowest BCUT2D eigenvalue weighted by molar-refractivity contribution is -0.122. The Hall–Kier alpha value is -2.70. The minimum atomic E-state index is -0.613. The number of fused-ring (bicyclic) bond motifs is 3. The van der Waals surface area contributed by atoms with Crippen molar-refractivity contribution >= 4 is 11.6 Å². The highest BCUT2D eigenvalue weighted by Crippen LogP contribution is 2.49. The molecule has 3 N–H and O–H groups in total. The number of rotatable bonds is 3. The molecule has 6 nitrogen and oxygen atoms in total. The molecule has 1 fully saturated rings. The van der Waals surface area contributed by atoms with Crippen molar-refractivity contribution in [3.8, 4) is 0 Å². The second-order valence-corrected chi connectivity index (χ2v) is 7.84. The van der Waals surface area contributed by atoms with Gasteiger partial charge < -0.3 is 20.1 Å². The minimum absolute atomic E-state index is 0.101. The number of carbonyl (C=O) groups is 1. The molecule has 0 radical (unpaired) electrons. The Bertz CT molecular complexity index is 1020. The molecular formula is C22H24N4O2. The van der Waals surface area contributed by atoms with Crippen molar-refractivity contribution in [3.63, 3.8) is 0 Å². The zero-order chi connectivity index (χ0) is 19.1. The number of imidazole rings is 1. The molecule has 0 unspecified atom stereocenters. The SMILES string of the molecule is O=C(Cc1cnc2ccccn12)N[C@H]1c2ccccc2C2(CCNCC2)[C@@H]1O. The van der Waals surface area contributed by atoms with Gasteiger partial charge in [0.2, 0.25) is 5.91 Å². The number of carbonyl (C=O) groups excluding carboxylic acids is 1. The Kier molecular flexibility index (Phi) is 4.18. The molecule has 1 saturated heterocycles. The van der Waals surface area contributed by atoms with Crippen LogP contribution in [0.5, 0.6) is 0 Å². The summed E-state index contributed by atoms with van der Waals surface area (Å²) in [5.74, 6) is -0.101. The van der Waals surface area contributed by atoms with E-state index in [2.05, 4.69) is 21.7 Å². The molecule has 28 heavy (non-hydrogen) atoms. The predicted molar refractivity (Wildman–Crippen MR) is 106 cm³/mol. The monoisotopic (exact) mass is 376 g/mol. The highest BCUT2D eigenvalue weighted by molar-refractivity contribution is 5.79. The van der Waals surface area contributed by atoms with Gasteiger partial charge in [-0.05, 0) is 49.2 Å². The Morgan fingerprint density at radius 1 is 1.21 bits per heavy atom. The van der Waals surface area contributed by atoms with Gasteiger partial charge in [0.05, 0.1) is 24.3 Å². The molecule has 0 saturated carbocycles. The number of aliphatic hydroxyl groups is 1. The summed E-state index contributed by atoms with van der Waals surface area (Å²) in [4.78, 5) is 17.2. The maximum Gasteiger partial charge on any atom is 0.226 e. The van der Waals surface area contributed by atoms with Crippen molar-refractivity contribution in [3.05, 3.63) is 71.7 Å². The van der Waals surface area contributed by atoms with E-state index >= 15 is 0 Å². The van der Waals surface area contributed by atoms with E-state index in [9.17, 15) is 9.90 Å². The quantitative estimate of drug-likeness (QED) is 0.651. The molecule has 1 aliphatic heterocycles. The normalized spacial score (nSPS) is 23.0. The average Bonchev–Trinajstić information content (AvgIpc) is 3.23. The summed E-state index contributed by atoms with van der Waals surface area (Å²) in [6.45, 7) is 1.77. The summed E-state index contributed by atoms with van der Waals surface area (Å²) in [6, 6.07) is 13.5. The highest BCUT2D eigenvalue weighted by atomic mass is 16.3. The third kappa shape index (κ3) is 2.64. The van der Waals surface area contributed by atoms with Crippen LogP contribution in [-0.4, -0.2) is 39.6 Å². The average molecular weight is 376 g/mol. The van der Waals surface area contributed by atoms with Crippen LogP contribution >= 0.6 is 0 Å². The zero-order valence-electron chi connectivity index (χ0n) is 15.6. The van der Waals surface area contributed by atoms with E-state index < -0.39 is 6.10 Å². The molecule has 3 aromatic rings. The van der Waals surface area contributed by atoms with Crippen molar-refractivity contribution in [2.45, 2.75) is 36.8 Å². The number of pyridine rings is 1. The van der Waals surface area contributed by atoms with Crippen molar-refractivity contribution < 1.29 is 9.90 Å². The summed E-state index contributed by atoms with van der Waals surface area (Å²) in [6.07, 6.45) is 5.02. The molecule has 1 amide bonds. The summed E-state index contributed by atoms with van der Waals surface area (Å²) in [5, 5.41) is 17.8. The fourth-order valence-electron chi connectivity index (χ4n) is 4.97. The van der Waals surface area contributed by atoms with E-state index in [-0.39, 0.29) is 23.8 Å². The summed E-state index contributed by atoms with van der Waals surface area (Å²) in [7, 11) is 0. The number of nitrogens with one attached hydrogen (secondary N) is 2. The van der Waals surface area contributed by atoms with Gasteiger partial charge in [-0.3, -0.25) is 4.79 Å². The van der Waals surface area contributed by atoms with Crippen LogP contribution in [0, 0.1) is 0 Å². The minimum Gasteiger partial charge on any atom is -0.390 e. The largest absolute Gasteiger partial charge is 0.390 e. The van der Waals surface area contributed by atoms with E-state index in [1.54, 1.807) is 6.20 Å². The van der Waals surface area contributed by atoms with E-state index in [1.165, 1.54) is 5.56 Å². The summed E-state index contributed by atoms with van der Waals surface area (Å²) < 4.78 is 1.92. The lowest BCUT2D eigenvalue weighted by Crippen LogP contribution is -2.48. The van der Waals surface area contributed by atoms with Gasteiger partial charge in [-0.2, -0.15) is 0 Å². The Morgan fingerprint density at radius 2 is 2.00 bits per heavy atom. The topological polar surface area (TPSA) is 78.7 Å². The van der Waals surface area contributed by atoms with Crippen molar-refractivity contribution in [1.29, 1.82) is 0 Å². The molecule has 144 valence electrons. The molecule has 2 atom stereocenters. The molecule has 1 spiro atoms. The van der Waals surface area contributed by atoms with Gasteiger partial charge in [0, 0.05) is 17.8 Å². The van der Waals surface area contributed by atoms with Gasteiger partial charge in [-0.15, -0.1) is 0 Å². The number of piperidine rings is 1. The van der Waals surface area contributed by atoms with Crippen molar-refractivity contribution in [2.24, 2.45) is 0 Å². The second kappa shape index (κ2) is 6.72. The number of hydrogen-bond acceptors (Lipinski definition) is 4. The molecule has 1 aliphatic carbocycles. The first kappa shape index (κ1) is 17.4. The number of aromatic nitrogens is 2. The van der Waals surface area contributed by atoms with E-state index in [0.717, 1.165) is 42.8 Å². The van der Waals surface area contributed by atoms with Crippen molar-refractivity contribution in [2.75, 3.05) is 13.1 Å². The van der Waals surface area contributed by atoms with Crippen LogP contribution in [0.25, 0.3) is 5.65 Å². The van der Waals surface area contributed by atoms with Crippen LogP contribution < -0.4 is 10.6 Å². The molecular weight excluding hydrogens is 352 g/mol. The van der Waals surface area contributed by atoms with Gasteiger partial charge in [0.1, 0.15) is 5.65 Å². The van der Waals surface area contributed by atoms with Gasteiger partial charge in [0.25, 0.3) is 0 Å². The molecule has 1 aromatic carbocycles. The van der Waals surface area contributed by atoms with Gasteiger partial charge in [0.15, 0.2) is 0 Å². The number of amides is 1. The molecule has 2 aromatic heterocycles. The predicted octanol–water partition coefficient (Wildman–Crippen LogP) is 1.73.